The van der Waals surface area contributed by atoms with Gasteiger partial charge >= 0.3 is 0 Å². The summed E-state index contributed by atoms with van der Waals surface area (Å²) in [6.45, 7) is -0.637. The van der Waals surface area contributed by atoms with Gasteiger partial charge < -0.3 is 25.8 Å². The summed E-state index contributed by atoms with van der Waals surface area (Å²) >= 11 is 0. The van der Waals surface area contributed by atoms with Crippen molar-refractivity contribution in [2.75, 3.05) is 12.3 Å². The van der Waals surface area contributed by atoms with Crippen molar-refractivity contribution < 1.29 is 20.1 Å². The molecule has 1 unspecified atom stereocenters. The molecule has 0 spiro atoms. The summed E-state index contributed by atoms with van der Waals surface area (Å²) in [5.41, 5.74) is 4.61. The Morgan fingerprint density at radius 2 is 2.24 bits per heavy atom. The van der Waals surface area contributed by atoms with E-state index in [4.69, 9.17) is 16.9 Å². The van der Waals surface area contributed by atoms with Crippen LogP contribution in [0.3, 0.4) is 0 Å². The molecule has 0 saturated carbocycles. The van der Waals surface area contributed by atoms with Crippen LogP contribution in [-0.2, 0) is 4.74 Å². The van der Waals surface area contributed by atoms with E-state index in [2.05, 4.69) is 20.9 Å². The highest BCUT2D eigenvalue weighted by molar-refractivity contribution is 5.70. The Balaban J connectivity index is 2.08. The zero-order chi connectivity index (χ0) is 15.2. The van der Waals surface area contributed by atoms with Gasteiger partial charge in [-0.05, 0) is 0 Å². The number of nitrogens with zero attached hydrogens (tertiary/aromatic N) is 4. The molecule has 2 aromatic rings. The maximum atomic E-state index is 10.2. The van der Waals surface area contributed by atoms with E-state index >= 15 is 0 Å². The summed E-state index contributed by atoms with van der Waals surface area (Å²) in [4.78, 5) is 11.9. The number of aliphatic hydroxyl groups is 3. The molecule has 1 fully saturated rings. The molecule has 0 radical (unpaired) electrons. The molecule has 1 aliphatic rings. The molecule has 3 rings (SSSR count). The molecule has 21 heavy (non-hydrogen) atoms. The molecule has 1 aliphatic heterocycles. The number of rotatable bonds is 2. The molecule has 0 amide bonds. The van der Waals surface area contributed by atoms with Gasteiger partial charge in [-0.1, -0.05) is 5.92 Å². The second-order valence-corrected chi connectivity index (χ2v) is 4.72. The molecule has 0 aromatic carbocycles. The van der Waals surface area contributed by atoms with Crippen molar-refractivity contribution in [1.82, 2.24) is 19.5 Å². The first-order chi connectivity index (χ1) is 10.0. The van der Waals surface area contributed by atoms with Gasteiger partial charge in [0, 0.05) is 0 Å². The van der Waals surface area contributed by atoms with Crippen molar-refractivity contribution in [3.05, 3.63) is 12.5 Å². The minimum absolute atomic E-state index is 0.0302. The van der Waals surface area contributed by atoms with Gasteiger partial charge in [0.25, 0.3) is 0 Å². The molecule has 9 heteroatoms. The second-order valence-electron chi connectivity index (χ2n) is 4.72. The summed E-state index contributed by atoms with van der Waals surface area (Å²) in [5, 5.41) is 29.6. The number of nitrogens with two attached hydrogens (primary N) is 1. The summed E-state index contributed by atoms with van der Waals surface area (Å²) in [5.74, 6) is 2.22. The highest BCUT2D eigenvalue weighted by Gasteiger charge is 2.54. The molecule has 110 valence electrons. The van der Waals surface area contributed by atoms with Crippen LogP contribution in [0.2, 0.25) is 0 Å². The molecule has 5 N–H and O–H groups in total. The first-order valence-corrected chi connectivity index (χ1v) is 6.10. The predicted octanol–water partition coefficient (Wildman–Crippen LogP) is -1.98. The van der Waals surface area contributed by atoms with E-state index < -0.39 is 30.6 Å². The molecule has 0 aliphatic carbocycles. The number of nitrogen functional groups attached to an aromatic ring is 1. The van der Waals surface area contributed by atoms with Gasteiger partial charge in [0.05, 0.1) is 19.1 Å². The molecular weight excluding hydrogens is 278 g/mol. The minimum atomic E-state index is -1.68. The van der Waals surface area contributed by atoms with Gasteiger partial charge in [-0.25, -0.2) is 9.97 Å². The number of hydrogen-bond donors (Lipinski definition) is 4. The highest BCUT2D eigenvalue weighted by Crippen LogP contribution is 2.37. The molecule has 3 heterocycles. The highest BCUT2D eigenvalue weighted by atomic mass is 16.6. The summed E-state index contributed by atoms with van der Waals surface area (Å²) < 4.78 is 6.88. The van der Waals surface area contributed by atoms with Crippen LogP contribution in [0.25, 0.3) is 11.2 Å². The monoisotopic (exact) mass is 291 g/mol. The number of ether oxygens (including phenoxy) is 1. The fraction of sp³-hybridized carbons (Fsp3) is 0.417. The van der Waals surface area contributed by atoms with Gasteiger partial charge in [-0.2, -0.15) is 4.98 Å². The largest absolute Gasteiger partial charge is 0.392 e. The van der Waals surface area contributed by atoms with E-state index in [9.17, 15) is 15.3 Å². The Labute approximate surface area is 119 Å². The third-order valence-corrected chi connectivity index (χ3v) is 3.51. The maximum Gasteiger partial charge on any atom is 0.222 e. The number of imidazole rings is 1. The number of aliphatic hydroxyl groups excluding tert-OH is 3. The standard InChI is InChI=1S/C12H13N5O4/c1-2-12(4-18)8(20)7(19)10(21-12)17-5-15-6-3-14-11(13)16-9(6)17/h1,3,5,7-8,10,18-20H,4H2,(H2,13,14,16)/t7-,8?,10+,12+/m0/s1. The predicted molar refractivity (Wildman–Crippen MR) is 70.5 cm³/mol. The Morgan fingerprint density at radius 1 is 1.48 bits per heavy atom. The van der Waals surface area contributed by atoms with Crippen molar-refractivity contribution >= 4 is 17.1 Å². The number of fused-ring (bicyclic) bond motifs is 1. The third-order valence-electron chi connectivity index (χ3n) is 3.51. The minimum Gasteiger partial charge on any atom is -0.392 e. The van der Waals surface area contributed by atoms with Gasteiger partial charge in [-0.15, -0.1) is 6.42 Å². The fourth-order valence-corrected chi connectivity index (χ4v) is 2.33. The van der Waals surface area contributed by atoms with Gasteiger partial charge in [-0.3, -0.25) is 4.57 Å². The van der Waals surface area contributed by atoms with Crippen molar-refractivity contribution in [1.29, 1.82) is 0 Å². The van der Waals surface area contributed by atoms with E-state index in [1.165, 1.54) is 17.1 Å². The van der Waals surface area contributed by atoms with E-state index in [0.717, 1.165) is 0 Å². The lowest BCUT2D eigenvalue weighted by molar-refractivity contribution is -0.0910. The Morgan fingerprint density at radius 3 is 2.86 bits per heavy atom. The van der Waals surface area contributed by atoms with Crippen molar-refractivity contribution in [3.8, 4) is 12.3 Å². The van der Waals surface area contributed by atoms with E-state index in [-0.39, 0.29) is 5.95 Å². The van der Waals surface area contributed by atoms with Crippen LogP contribution in [0.15, 0.2) is 12.5 Å². The second kappa shape index (κ2) is 4.64. The third kappa shape index (κ3) is 1.85. The van der Waals surface area contributed by atoms with Crippen LogP contribution >= 0.6 is 0 Å². The maximum absolute atomic E-state index is 10.2. The van der Waals surface area contributed by atoms with Crippen LogP contribution in [-0.4, -0.2) is 59.3 Å². The van der Waals surface area contributed by atoms with Gasteiger partial charge in [0.2, 0.25) is 5.95 Å². The summed E-state index contributed by atoms with van der Waals surface area (Å²) in [7, 11) is 0. The molecule has 2 aromatic heterocycles. The summed E-state index contributed by atoms with van der Waals surface area (Å²) in [6.07, 6.45) is 4.23. The van der Waals surface area contributed by atoms with Crippen LogP contribution in [0.4, 0.5) is 5.95 Å². The van der Waals surface area contributed by atoms with Gasteiger partial charge in [0.1, 0.15) is 17.7 Å². The van der Waals surface area contributed by atoms with Crippen molar-refractivity contribution in [2.45, 2.75) is 24.0 Å². The zero-order valence-electron chi connectivity index (χ0n) is 10.8. The van der Waals surface area contributed by atoms with Crippen molar-refractivity contribution in [3.63, 3.8) is 0 Å². The average molecular weight is 291 g/mol. The fourth-order valence-electron chi connectivity index (χ4n) is 2.33. The topological polar surface area (TPSA) is 140 Å². The number of anilines is 1. The van der Waals surface area contributed by atoms with Crippen LogP contribution in [0, 0.1) is 12.3 Å². The zero-order valence-corrected chi connectivity index (χ0v) is 10.8. The smallest absolute Gasteiger partial charge is 0.222 e. The van der Waals surface area contributed by atoms with Crippen LogP contribution < -0.4 is 5.73 Å². The summed E-state index contributed by atoms with van der Waals surface area (Å²) in [6, 6.07) is 0. The molecular formula is C12H13N5O4. The molecule has 1 saturated heterocycles. The molecule has 4 atom stereocenters. The number of terminal acetylenes is 1. The lowest BCUT2D eigenvalue weighted by Gasteiger charge is -2.23. The van der Waals surface area contributed by atoms with Crippen LogP contribution in [0.1, 0.15) is 6.23 Å². The quantitative estimate of drug-likeness (QED) is 0.467. The lowest BCUT2D eigenvalue weighted by atomic mass is 9.97. The lowest BCUT2D eigenvalue weighted by Crippen LogP contribution is -2.44. The normalized spacial score (nSPS) is 32.4. The van der Waals surface area contributed by atoms with Gasteiger partial charge in [0.15, 0.2) is 17.5 Å². The van der Waals surface area contributed by atoms with E-state index in [1.54, 1.807) is 0 Å². The molecule has 9 nitrogen and oxygen atoms in total. The average Bonchev–Trinajstić information content (AvgIpc) is 3.00. The van der Waals surface area contributed by atoms with Crippen molar-refractivity contribution in [2.24, 2.45) is 0 Å². The Hall–Kier alpha value is -2.25. The molecule has 0 bridgehead atoms. The van der Waals surface area contributed by atoms with E-state index in [0.29, 0.717) is 11.2 Å². The van der Waals surface area contributed by atoms with E-state index in [1.807, 2.05) is 0 Å². The first kappa shape index (κ1) is 13.7. The Kier molecular flexibility index (Phi) is 3.03. The number of aromatic nitrogens is 4. The SMILES string of the molecule is C#C[C@]1(CO)O[C@@H](n2cnc3cnc(N)nc32)[C@@H](O)C1O. The number of hydrogen-bond acceptors (Lipinski definition) is 8. The Bertz CT molecular complexity index is 726. The first-order valence-electron chi connectivity index (χ1n) is 6.10. The van der Waals surface area contributed by atoms with Crippen LogP contribution in [0.5, 0.6) is 0 Å².